The molecule has 0 fully saturated rings. The van der Waals surface area contributed by atoms with Gasteiger partial charge in [0.2, 0.25) is 0 Å². The SMILES string of the molecule is CC(C(CC=Cc1ccc2ccccc2c1)c1ccc(F)cc1)N(C)c1ccc2ccccc2c1. The lowest BCUT2D eigenvalue weighted by molar-refractivity contribution is 0.546. The van der Waals surface area contributed by atoms with Crippen molar-refractivity contribution in [3.05, 3.63) is 132 Å². The number of hydrogen-bond donors (Lipinski definition) is 0. The Morgan fingerprint density at radius 1 is 0.714 bits per heavy atom. The maximum atomic E-state index is 13.7. The summed E-state index contributed by atoms with van der Waals surface area (Å²) in [7, 11) is 2.15. The topological polar surface area (TPSA) is 3.24 Å². The lowest BCUT2D eigenvalue weighted by atomic mass is 9.88. The van der Waals surface area contributed by atoms with Crippen LogP contribution in [-0.4, -0.2) is 13.1 Å². The first kappa shape index (κ1) is 22.9. The highest BCUT2D eigenvalue weighted by atomic mass is 19.1. The molecule has 0 amide bonds. The quantitative estimate of drug-likeness (QED) is 0.235. The van der Waals surface area contributed by atoms with E-state index in [1.807, 2.05) is 12.1 Å². The van der Waals surface area contributed by atoms with Gasteiger partial charge in [0.25, 0.3) is 0 Å². The van der Waals surface area contributed by atoms with Crippen molar-refractivity contribution in [1.29, 1.82) is 0 Å². The second-order valence-corrected chi connectivity index (χ2v) is 9.29. The third-order valence-electron chi connectivity index (χ3n) is 7.11. The van der Waals surface area contributed by atoms with E-state index in [4.69, 9.17) is 0 Å². The number of rotatable bonds is 7. The van der Waals surface area contributed by atoms with Gasteiger partial charge in [0, 0.05) is 24.7 Å². The minimum atomic E-state index is -0.199. The molecule has 2 atom stereocenters. The van der Waals surface area contributed by atoms with Crippen LogP contribution in [0.2, 0.25) is 0 Å². The predicted molar refractivity (Wildman–Crippen MR) is 149 cm³/mol. The fourth-order valence-corrected chi connectivity index (χ4v) is 4.88. The van der Waals surface area contributed by atoms with Crippen LogP contribution < -0.4 is 4.90 Å². The monoisotopic (exact) mass is 459 g/mol. The van der Waals surface area contributed by atoms with E-state index in [9.17, 15) is 4.39 Å². The molecule has 5 aromatic rings. The largest absolute Gasteiger partial charge is 0.371 e. The van der Waals surface area contributed by atoms with Gasteiger partial charge in [-0.15, -0.1) is 0 Å². The Morgan fingerprint density at radius 2 is 1.31 bits per heavy atom. The zero-order valence-corrected chi connectivity index (χ0v) is 20.2. The summed E-state index contributed by atoms with van der Waals surface area (Å²) in [5, 5.41) is 4.97. The fraction of sp³-hybridized carbons (Fsp3) is 0.152. The number of nitrogens with zero attached hydrogens (tertiary/aromatic N) is 1. The molecule has 0 N–H and O–H groups in total. The second kappa shape index (κ2) is 10.1. The first-order chi connectivity index (χ1) is 17.1. The van der Waals surface area contributed by atoms with E-state index in [2.05, 4.69) is 116 Å². The Labute approximate surface area is 207 Å². The number of anilines is 1. The molecule has 0 heterocycles. The zero-order chi connectivity index (χ0) is 24.2. The zero-order valence-electron chi connectivity index (χ0n) is 20.2. The van der Waals surface area contributed by atoms with E-state index in [1.165, 1.54) is 32.8 Å². The van der Waals surface area contributed by atoms with Crippen molar-refractivity contribution in [3.63, 3.8) is 0 Å². The summed E-state index contributed by atoms with van der Waals surface area (Å²) in [6, 6.07) is 37.2. The van der Waals surface area contributed by atoms with Gasteiger partial charge in [-0.05, 0) is 76.3 Å². The number of halogens is 1. The molecular formula is C33H30FN. The first-order valence-electron chi connectivity index (χ1n) is 12.2. The van der Waals surface area contributed by atoms with Crippen LogP contribution in [0, 0.1) is 5.82 Å². The summed E-state index contributed by atoms with van der Waals surface area (Å²) in [4.78, 5) is 2.34. The van der Waals surface area contributed by atoms with Crippen LogP contribution in [0.1, 0.15) is 30.4 Å². The molecular weight excluding hydrogens is 429 g/mol. The van der Waals surface area contributed by atoms with Crippen molar-refractivity contribution in [3.8, 4) is 0 Å². The molecule has 0 aliphatic rings. The van der Waals surface area contributed by atoms with Crippen LogP contribution in [-0.2, 0) is 0 Å². The molecule has 2 unspecified atom stereocenters. The summed E-state index contributed by atoms with van der Waals surface area (Å²) in [6.45, 7) is 2.26. The molecule has 0 saturated heterocycles. The highest BCUT2D eigenvalue weighted by Crippen LogP contribution is 2.32. The van der Waals surface area contributed by atoms with E-state index in [0.717, 1.165) is 12.0 Å². The summed E-state index contributed by atoms with van der Waals surface area (Å²) in [6.07, 6.45) is 5.31. The number of allylic oxidation sites excluding steroid dienone is 1. The Kier molecular flexibility index (Phi) is 6.63. The van der Waals surface area contributed by atoms with E-state index in [0.29, 0.717) is 0 Å². The molecule has 0 aromatic heterocycles. The molecule has 1 nitrogen and oxygen atoms in total. The molecule has 0 aliphatic carbocycles. The maximum absolute atomic E-state index is 13.7. The van der Waals surface area contributed by atoms with Gasteiger partial charge in [-0.1, -0.05) is 91.0 Å². The van der Waals surface area contributed by atoms with Crippen LogP contribution in [0.15, 0.2) is 115 Å². The summed E-state index contributed by atoms with van der Waals surface area (Å²) < 4.78 is 13.7. The lowest BCUT2D eigenvalue weighted by Gasteiger charge is -2.34. The van der Waals surface area contributed by atoms with Gasteiger partial charge in [-0.3, -0.25) is 0 Å². The van der Waals surface area contributed by atoms with E-state index in [1.54, 1.807) is 12.1 Å². The number of likely N-dealkylation sites (N-methyl/N-ethyl adjacent to an activating group) is 1. The third kappa shape index (κ3) is 5.12. The Hall–Kier alpha value is -3.91. The molecule has 35 heavy (non-hydrogen) atoms. The first-order valence-corrected chi connectivity index (χ1v) is 12.2. The van der Waals surface area contributed by atoms with Gasteiger partial charge in [0.05, 0.1) is 0 Å². The highest BCUT2D eigenvalue weighted by Gasteiger charge is 2.22. The van der Waals surface area contributed by atoms with Gasteiger partial charge >= 0.3 is 0 Å². The predicted octanol–water partition coefficient (Wildman–Crippen LogP) is 8.84. The van der Waals surface area contributed by atoms with Crippen LogP contribution in [0.4, 0.5) is 10.1 Å². The minimum Gasteiger partial charge on any atom is -0.371 e. The standard InChI is InChI=1S/C33H30FN/c1-24(35(2)32-21-18-27-10-4-6-12-30(27)23-32)33(28-16-19-31(34)20-17-28)13-7-8-25-14-15-26-9-3-5-11-29(26)22-25/h3-12,14-24,33H,13H2,1-2H3. The van der Waals surface area contributed by atoms with Crippen molar-refractivity contribution in [2.75, 3.05) is 11.9 Å². The number of benzene rings is 5. The molecule has 5 rings (SSSR count). The average molecular weight is 460 g/mol. The molecule has 0 bridgehead atoms. The van der Waals surface area contributed by atoms with Gasteiger partial charge in [-0.25, -0.2) is 4.39 Å². The Balaban J connectivity index is 1.41. The van der Waals surface area contributed by atoms with Crippen molar-refractivity contribution in [2.45, 2.75) is 25.3 Å². The maximum Gasteiger partial charge on any atom is 0.123 e. The van der Waals surface area contributed by atoms with Crippen LogP contribution in [0.5, 0.6) is 0 Å². The second-order valence-electron chi connectivity index (χ2n) is 9.29. The molecule has 0 radical (unpaired) electrons. The summed E-state index contributed by atoms with van der Waals surface area (Å²) in [5.41, 5.74) is 3.52. The number of hydrogen-bond acceptors (Lipinski definition) is 1. The third-order valence-corrected chi connectivity index (χ3v) is 7.11. The Morgan fingerprint density at radius 3 is 2.00 bits per heavy atom. The van der Waals surface area contributed by atoms with Crippen molar-refractivity contribution >= 4 is 33.3 Å². The van der Waals surface area contributed by atoms with Crippen LogP contribution in [0.3, 0.4) is 0 Å². The Bertz CT molecular complexity index is 1470. The molecule has 2 heteroatoms. The van der Waals surface area contributed by atoms with Crippen LogP contribution >= 0.6 is 0 Å². The van der Waals surface area contributed by atoms with Gasteiger partial charge in [0.1, 0.15) is 5.82 Å². The van der Waals surface area contributed by atoms with Crippen LogP contribution in [0.25, 0.3) is 27.6 Å². The van der Waals surface area contributed by atoms with E-state index >= 15 is 0 Å². The average Bonchev–Trinajstić information content (AvgIpc) is 2.90. The summed E-state index contributed by atoms with van der Waals surface area (Å²) in [5.74, 6) is 0.0125. The normalized spacial score (nSPS) is 13.3. The molecule has 0 spiro atoms. The summed E-state index contributed by atoms with van der Waals surface area (Å²) >= 11 is 0. The van der Waals surface area contributed by atoms with E-state index < -0.39 is 0 Å². The van der Waals surface area contributed by atoms with Gasteiger partial charge in [-0.2, -0.15) is 0 Å². The lowest BCUT2D eigenvalue weighted by Crippen LogP contribution is -2.34. The van der Waals surface area contributed by atoms with Crippen molar-refractivity contribution in [2.24, 2.45) is 0 Å². The van der Waals surface area contributed by atoms with Crippen molar-refractivity contribution < 1.29 is 4.39 Å². The molecule has 0 saturated carbocycles. The van der Waals surface area contributed by atoms with E-state index in [-0.39, 0.29) is 17.8 Å². The minimum absolute atomic E-state index is 0.199. The van der Waals surface area contributed by atoms with Crippen molar-refractivity contribution in [1.82, 2.24) is 0 Å². The molecule has 0 aliphatic heterocycles. The van der Waals surface area contributed by atoms with Gasteiger partial charge in [0.15, 0.2) is 0 Å². The highest BCUT2D eigenvalue weighted by molar-refractivity contribution is 5.86. The fourth-order valence-electron chi connectivity index (χ4n) is 4.88. The smallest absolute Gasteiger partial charge is 0.123 e. The van der Waals surface area contributed by atoms with Gasteiger partial charge < -0.3 is 4.90 Å². The molecule has 5 aromatic carbocycles. The molecule has 174 valence electrons. The number of fused-ring (bicyclic) bond motifs is 2.